The molecule has 0 aliphatic carbocycles. The molecule has 0 amide bonds. The first-order valence-electron chi connectivity index (χ1n) is 4.16. The summed E-state index contributed by atoms with van der Waals surface area (Å²) in [5.41, 5.74) is 3.23. The summed E-state index contributed by atoms with van der Waals surface area (Å²) in [5.74, 6) is 0. The lowest BCUT2D eigenvalue weighted by Gasteiger charge is -2.16. The molecule has 0 radical (unpaired) electrons. The van der Waals surface area contributed by atoms with E-state index in [0.717, 1.165) is 16.8 Å². The molecule has 2 heteroatoms. The lowest BCUT2D eigenvalue weighted by molar-refractivity contribution is 0.524. The van der Waals surface area contributed by atoms with Crippen LogP contribution in [0.15, 0.2) is 40.7 Å². The Morgan fingerprint density at radius 2 is 1.85 bits per heavy atom. The minimum absolute atomic E-state index is 1.01. The van der Waals surface area contributed by atoms with E-state index >= 15 is 0 Å². The fraction of sp³-hybridized carbons (Fsp3) is 0.364. The number of aliphatic imine (C=N–C) groups is 1. The highest BCUT2D eigenvalue weighted by molar-refractivity contribution is 5.34. The predicted octanol–water partition coefficient (Wildman–Crippen LogP) is 2.61. The van der Waals surface area contributed by atoms with Crippen molar-refractivity contribution in [3.63, 3.8) is 0 Å². The highest BCUT2D eigenvalue weighted by Gasteiger charge is 1.97. The second-order valence-corrected chi connectivity index (χ2v) is 3.22. The van der Waals surface area contributed by atoms with E-state index in [0.29, 0.717) is 0 Å². The molecule has 0 spiro atoms. The molecule has 0 rings (SSSR count). The topological polar surface area (TPSA) is 15.6 Å². The lowest BCUT2D eigenvalue weighted by Crippen LogP contribution is -2.10. The van der Waals surface area contributed by atoms with Gasteiger partial charge in [-0.2, -0.15) is 0 Å². The number of likely N-dealkylation sites (N-methyl/N-ethyl adjacent to an activating group) is 1. The average molecular weight is 178 g/mol. The van der Waals surface area contributed by atoms with Crippen LogP contribution in [0.4, 0.5) is 0 Å². The Balaban J connectivity index is 4.58. The Hall–Kier alpha value is -1.31. The van der Waals surface area contributed by atoms with Gasteiger partial charge >= 0.3 is 0 Å². The van der Waals surface area contributed by atoms with E-state index in [-0.39, 0.29) is 0 Å². The van der Waals surface area contributed by atoms with Crippen LogP contribution in [0.2, 0.25) is 0 Å². The predicted molar refractivity (Wildman–Crippen MR) is 59.9 cm³/mol. The van der Waals surface area contributed by atoms with Crippen LogP contribution in [0.3, 0.4) is 0 Å². The molecule has 0 fully saturated rings. The maximum atomic E-state index is 3.95. The molecule has 0 aromatic heterocycles. The molecule has 0 aliphatic rings. The molecule has 0 saturated heterocycles. The smallest absolute Gasteiger partial charge is 0.0317 e. The lowest BCUT2D eigenvalue weighted by atomic mass is 10.1. The molecule has 0 N–H and O–H groups in total. The molecule has 0 unspecified atom stereocenters. The maximum absolute atomic E-state index is 3.95. The Kier molecular flexibility index (Phi) is 4.82. The third-order valence-corrected chi connectivity index (χ3v) is 1.73. The van der Waals surface area contributed by atoms with Crippen molar-refractivity contribution in [2.45, 2.75) is 13.8 Å². The van der Waals surface area contributed by atoms with E-state index in [2.05, 4.69) is 18.3 Å². The quantitative estimate of drug-likeness (QED) is 0.477. The highest BCUT2D eigenvalue weighted by Crippen LogP contribution is 2.11. The van der Waals surface area contributed by atoms with Crippen LogP contribution < -0.4 is 0 Å². The number of hydrogen-bond donors (Lipinski definition) is 0. The molecule has 72 valence electrons. The van der Waals surface area contributed by atoms with Gasteiger partial charge in [-0.15, -0.1) is 0 Å². The summed E-state index contributed by atoms with van der Waals surface area (Å²) in [5, 5.41) is 0. The summed E-state index contributed by atoms with van der Waals surface area (Å²) in [6.07, 6.45) is 3.77. The molecule has 0 aromatic carbocycles. The summed E-state index contributed by atoms with van der Waals surface area (Å²) in [4.78, 5) is 5.68. The summed E-state index contributed by atoms with van der Waals surface area (Å²) in [6.45, 7) is 11.4. The summed E-state index contributed by atoms with van der Waals surface area (Å²) < 4.78 is 0. The molecule has 0 aliphatic heterocycles. The van der Waals surface area contributed by atoms with Crippen LogP contribution in [0.25, 0.3) is 0 Å². The number of allylic oxidation sites excluding steroid dienone is 3. The van der Waals surface area contributed by atoms with Crippen molar-refractivity contribution < 1.29 is 0 Å². The fourth-order valence-electron chi connectivity index (χ4n) is 0.959. The standard InChI is InChI=1S/C11H18N2/c1-9(8-12-4)7-10(2)11(3)13(5)6/h7-8H,3-4H2,1-2,5-6H3/b9-8+,10-7+. The van der Waals surface area contributed by atoms with Crippen molar-refractivity contribution in [2.75, 3.05) is 14.1 Å². The maximum Gasteiger partial charge on any atom is 0.0317 e. The first kappa shape index (κ1) is 11.7. The van der Waals surface area contributed by atoms with Crippen LogP contribution in [0, 0.1) is 0 Å². The van der Waals surface area contributed by atoms with Gasteiger partial charge in [-0.05, 0) is 31.7 Å². The molecule has 0 atom stereocenters. The van der Waals surface area contributed by atoms with Gasteiger partial charge in [-0.3, -0.25) is 4.99 Å². The highest BCUT2D eigenvalue weighted by atomic mass is 15.1. The van der Waals surface area contributed by atoms with Gasteiger partial charge in [0.1, 0.15) is 0 Å². The van der Waals surface area contributed by atoms with Crippen LogP contribution >= 0.6 is 0 Å². The monoisotopic (exact) mass is 178 g/mol. The summed E-state index contributed by atoms with van der Waals surface area (Å²) in [6, 6.07) is 0. The molecule has 0 bridgehead atoms. The zero-order valence-corrected chi connectivity index (χ0v) is 8.96. The zero-order valence-electron chi connectivity index (χ0n) is 8.96. The Bertz CT molecular complexity index is 257. The largest absolute Gasteiger partial charge is 0.378 e. The van der Waals surface area contributed by atoms with E-state index in [1.54, 1.807) is 6.20 Å². The second kappa shape index (κ2) is 5.36. The SMILES string of the molecule is C=N/C=C(C)/C=C(\C)C(=C)N(C)C. The van der Waals surface area contributed by atoms with Gasteiger partial charge in [0.15, 0.2) is 0 Å². The van der Waals surface area contributed by atoms with Gasteiger partial charge in [0, 0.05) is 26.0 Å². The molecule has 0 aromatic rings. The molecular formula is C11H18N2. The normalized spacial score (nSPS) is 12.6. The van der Waals surface area contributed by atoms with Gasteiger partial charge < -0.3 is 4.90 Å². The third kappa shape index (κ3) is 4.31. The Morgan fingerprint density at radius 1 is 1.31 bits per heavy atom. The first-order valence-corrected chi connectivity index (χ1v) is 4.16. The zero-order chi connectivity index (χ0) is 10.4. The number of hydrogen-bond acceptors (Lipinski definition) is 2. The minimum atomic E-state index is 1.01. The van der Waals surface area contributed by atoms with E-state index in [4.69, 9.17) is 0 Å². The van der Waals surface area contributed by atoms with Crippen molar-refractivity contribution in [2.24, 2.45) is 4.99 Å². The number of nitrogens with zero attached hydrogens (tertiary/aromatic N) is 2. The van der Waals surface area contributed by atoms with Gasteiger partial charge in [-0.25, -0.2) is 0 Å². The summed E-state index contributed by atoms with van der Waals surface area (Å²) in [7, 11) is 3.95. The van der Waals surface area contributed by atoms with Gasteiger partial charge in [0.2, 0.25) is 0 Å². The van der Waals surface area contributed by atoms with E-state index < -0.39 is 0 Å². The second-order valence-electron chi connectivity index (χ2n) is 3.22. The van der Waals surface area contributed by atoms with Crippen LogP contribution in [-0.2, 0) is 0 Å². The van der Waals surface area contributed by atoms with Gasteiger partial charge in [0.25, 0.3) is 0 Å². The third-order valence-electron chi connectivity index (χ3n) is 1.73. The van der Waals surface area contributed by atoms with Gasteiger partial charge in [-0.1, -0.05) is 12.7 Å². The van der Waals surface area contributed by atoms with Crippen molar-refractivity contribution >= 4 is 6.72 Å². The minimum Gasteiger partial charge on any atom is -0.378 e. The van der Waals surface area contributed by atoms with Crippen molar-refractivity contribution in [1.29, 1.82) is 0 Å². The van der Waals surface area contributed by atoms with Crippen LogP contribution in [0.1, 0.15) is 13.8 Å². The van der Waals surface area contributed by atoms with E-state index in [9.17, 15) is 0 Å². The van der Waals surface area contributed by atoms with Crippen LogP contribution in [0.5, 0.6) is 0 Å². The number of rotatable bonds is 4. The average Bonchev–Trinajstić information content (AvgIpc) is 2.03. The first-order chi connectivity index (χ1) is 5.99. The summed E-state index contributed by atoms with van der Waals surface area (Å²) >= 11 is 0. The Labute approximate surface area is 81.0 Å². The fourth-order valence-corrected chi connectivity index (χ4v) is 0.959. The molecule has 13 heavy (non-hydrogen) atoms. The van der Waals surface area contributed by atoms with E-state index in [1.165, 1.54) is 0 Å². The van der Waals surface area contributed by atoms with Crippen molar-refractivity contribution in [3.8, 4) is 0 Å². The molecule has 0 heterocycles. The molecule has 0 saturated carbocycles. The molecule has 2 nitrogen and oxygen atoms in total. The van der Waals surface area contributed by atoms with Crippen molar-refractivity contribution in [3.05, 3.63) is 35.7 Å². The van der Waals surface area contributed by atoms with Gasteiger partial charge in [0.05, 0.1) is 0 Å². The van der Waals surface area contributed by atoms with E-state index in [1.807, 2.05) is 38.9 Å². The molecular weight excluding hydrogens is 160 g/mol. The Morgan fingerprint density at radius 3 is 2.23 bits per heavy atom. The van der Waals surface area contributed by atoms with Crippen molar-refractivity contribution in [1.82, 2.24) is 4.90 Å². The van der Waals surface area contributed by atoms with Crippen LogP contribution in [-0.4, -0.2) is 25.7 Å².